The Bertz CT molecular complexity index is 555. The summed E-state index contributed by atoms with van der Waals surface area (Å²) in [6.45, 7) is 5.65. The molecule has 0 radical (unpaired) electrons. The average Bonchev–Trinajstić information content (AvgIpc) is 2.64. The summed E-state index contributed by atoms with van der Waals surface area (Å²) in [7, 11) is -3.40. The molecule has 0 aliphatic carbocycles. The number of benzene rings is 1. The molecular formula is C15H24N2O2S. The molecule has 112 valence electrons. The lowest BCUT2D eigenvalue weighted by molar-refractivity contribution is 0.341. The van der Waals surface area contributed by atoms with Gasteiger partial charge in [-0.15, -0.1) is 0 Å². The van der Waals surface area contributed by atoms with Gasteiger partial charge in [0.15, 0.2) is 0 Å². The van der Waals surface area contributed by atoms with E-state index in [9.17, 15) is 8.42 Å². The first-order chi connectivity index (χ1) is 9.41. The molecule has 1 aromatic rings. The minimum Gasteiger partial charge on any atom is -0.399 e. The number of nitrogens with two attached hydrogens (primary N) is 1. The summed E-state index contributed by atoms with van der Waals surface area (Å²) in [5, 5.41) is 0. The number of sulfonamides is 1. The van der Waals surface area contributed by atoms with Gasteiger partial charge in [0, 0.05) is 18.8 Å². The highest BCUT2D eigenvalue weighted by Crippen LogP contribution is 2.27. The topological polar surface area (TPSA) is 63.4 Å². The van der Waals surface area contributed by atoms with E-state index in [1.165, 1.54) is 0 Å². The summed E-state index contributed by atoms with van der Waals surface area (Å²) in [6.07, 6.45) is 2.99. The Kier molecular flexibility index (Phi) is 4.70. The van der Waals surface area contributed by atoms with E-state index in [0.717, 1.165) is 19.3 Å². The maximum atomic E-state index is 12.6. The van der Waals surface area contributed by atoms with Crippen molar-refractivity contribution < 1.29 is 8.42 Å². The standard InChI is InChI=1S/C15H24N2O2S/c1-12(2)13-5-4-9-17(10-8-13)20(18,19)15-7-3-6-14(16)11-15/h3,6-7,11-13H,4-5,8-10,16H2,1-2H3. The van der Waals surface area contributed by atoms with Crippen LogP contribution in [0.5, 0.6) is 0 Å². The molecule has 0 amide bonds. The van der Waals surface area contributed by atoms with Gasteiger partial charge in [-0.2, -0.15) is 4.31 Å². The first kappa shape index (κ1) is 15.3. The Balaban J connectivity index is 2.18. The predicted octanol–water partition coefficient (Wildman–Crippen LogP) is 2.72. The highest BCUT2D eigenvalue weighted by Gasteiger charge is 2.28. The molecule has 0 bridgehead atoms. The number of nitrogens with zero attached hydrogens (tertiary/aromatic N) is 1. The van der Waals surface area contributed by atoms with E-state index < -0.39 is 10.0 Å². The van der Waals surface area contributed by atoms with Crippen molar-refractivity contribution in [3.05, 3.63) is 24.3 Å². The maximum absolute atomic E-state index is 12.6. The second-order valence-electron chi connectivity index (χ2n) is 5.91. The third-order valence-corrected chi connectivity index (χ3v) is 6.07. The van der Waals surface area contributed by atoms with Crippen LogP contribution in [0.2, 0.25) is 0 Å². The van der Waals surface area contributed by atoms with E-state index in [0.29, 0.717) is 35.5 Å². The molecule has 1 atom stereocenters. The third-order valence-electron chi connectivity index (χ3n) is 4.17. The molecule has 20 heavy (non-hydrogen) atoms. The molecule has 4 nitrogen and oxygen atoms in total. The minimum absolute atomic E-state index is 0.306. The van der Waals surface area contributed by atoms with Crippen molar-refractivity contribution in [2.24, 2.45) is 11.8 Å². The fourth-order valence-electron chi connectivity index (χ4n) is 2.83. The molecule has 5 heteroatoms. The number of anilines is 1. The van der Waals surface area contributed by atoms with Crippen LogP contribution in [0.3, 0.4) is 0 Å². The largest absolute Gasteiger partial charge is 0.399 e. The normalized spacial score (nSPS) is 21.9. The van der Waals surface area contributed by atoms with Gasteiger partial charge in [0.1, 0.15) is 0 Å². The quantitative estimate of drug-likeness (QED) is 0.872. The molecule has 0 spiro atoms. The predicted molar refractivity (Wildman–Crippen MR) is 81.8 cm³/mol. The van der Waals surface area contributed by atoms with Crippen LogP contribution in [0.15, 0.2) is 29.2 Å². The Morgan fingerprint density at radius 3 is 2.65 bits per heavy atom. The molecule has 1 aliphatic heterocycles. The van der Waals surface area contributed by atoms with Crippen molar-refractivity contribution in [3.8, 4) is 0 Å². The van der Waals surface area contributed by atoms with Gasteiger partial charge in [0.2, 0.25) is 10.0 Å². The van der Waals surface area contributed by atoms with Crippen LogP contribution >= 0.6 is 0 Å². The summed E-state index contributed by atoms with van der Waals surface area (Å²) in [5.41, 5.74) is 6.18. The van der Waals surface area contributed by atoms with Crippen molar-refractivity contribution in [1.29, 1.82) is 0 Å². The lowest BCUT2D eigenvalue weighted by atomic mass is 9.89. The minimum atomic E-state index is -3.40. The molecular weight excluding hydrogens is 272 g/mol. The molecule has 0 saturated carbocycles. The Hall–Kier alpha value is -1.07. The summed E-state index contributed by atoms with van der Waals surface area (Å²) < 4.78 is 26.9. The van der Waals surface area contributed by atoms with Crippen LogP contribution < -0.4 is 5.73 Å². The molecule has 1 saturated heterocycles. The van der Waals surface area contributed by atoms with Crippen LogP contribution in [0, 0.1) is 11.8 Å². The lowest BCUT2D eigenvalue weighted by Gasteiger charge is -2.21. The molecule has 2 rings (SSSR count). The molecule has 1 heterocycles. The van der Waals surface area contributed by atoms with E-state index in [4.69, 9.17) is 5.73 Å². The van der Waals surface area contributed by atoms with Crippen molar-refractivity contribution in [2.45, 2.75) is 38.0 Å². The zero-order chi connectivity index (χ0) is 14.8. The lowest BCUT2D eigenvalue weighted by Crippen LogP contribution is -2.32. The Morgan fingerprint density at radius 1 is 1.25 bits per heavy atom. The molecule has 1 aromatic carbocycles. The Labute approximate surface area is 122 Å². The van der Waals surface area contributed by atoms with Crippen LogP contribution in [-0.2, 0) is 10.0 Å². The monoisotopic (exact) mass is 296 g/mol. The second-order valence-corrected chi connectivity index (χ2v) is 7.85. The van der Waals surface area contributed by atoms with Crippen molar-refractivity contribution in [3.63, 3.8) is 0 Å². The Morgan fingerprint density at radius 2 is 2.00 bits per heavy atom. The molecule has 0 aromatic heterocycles. The van der Waals surface area contributed by atoms with E-state index >= 15 is 0 Å². The van der Waals surface area contributed by atoms with Gasteiger partial charge < -0.3 is 5.73 Å². The smallest absolute Gasteiger partial charge is 0.243 e. The number of rotatable bonds is 3. The van der Waals surface area contributed by atoms with Gasteiger partial charge in [0.05, 0.1) is 4.90 Å². The highest BCUT2D eigenvalue weighted by atomic mass is 32.2. The van der Waals surface area contributed by atoms with Crippen LogP contribution in [0.4, 0.5) is 5.69 Å². The van der Waals surface area contributed by atoms with Crippen molar-refractivity contribution in [1.82, 2.24) is 4.31 Å². The van der Waals surface area contributed by atoms with E-state index in [1.54, 1.807) is 28.6 Å². The zero-order valence-corrected chi connectivity index (χ0v) is 13.1. The second kappa shape index (κ2) is 6.14. The molecule has 2 N–H and O–H groups in total. The van der Waals surface area contributed by atoms with Crippen molar-refractivity contribution >= 4 is 15.7 Å². The van der Waals surface area contributed by atoms with Gasteiger partial charge in [-0.1, -0.05) is 19.9 Å². The first-order valence-corrected chi connectivity index (χ1v) is 8.71. The molecule has 1 aliphatic rings. The number of hydrogen-bond acceptors (Lipinski definition) is 3. The van der Waals surface area contributed by atoms with Gasteiger partial charge >= 0.3 is 0 Å². The van der Waals surface area contributed by atoms with Crippen LogP contribution in [0.25, 0.3) is 0 Å². The average molecular weight is 296 g/mol. The van der Waals surface area contributed by atoms with E-state index in [-0.39, 0.29) is 0 Å². The third kappa shape index (κ3) is 3.33. The highest BCUT2D eigenvalue weighted by molar-refractivity contribution is 7.89. The van der Waals surface area contributed by atoms with E-state index in [1.807, 2.05) is 0 Å². The molecule has 1 fully saturated rings. The zero-order valence-electron chi connectivity index (χ0n) is 12.2. The first-order valence-electron chi connectivity index (χ1n) is 7.27. The van der Waals surface area contributed by atoms with E-state index in [2.05, 4.69) is 13.8 Å². The van der Waals surface area contributed by atoms with Crippen molar-refractivity contribution in [2.75, 3.05) is 18.8 Å². The summed E-state index contributed by atoms with van der Waals surface area (Å²) in [6, 6.07) is 6.56. The van der Waals surface area contributed by atoms with Crippen LogP contribution in [-0.4, -0.2) is 25.8 Å². The van der Waals surface area contributed by atoms with Gasteiger partial charge in [-0.05, 0) is 49.3 Å². The summed E-state index contributed by atoms with van der Waals surface area (Å²) >= 11 is 0. The summed E-state index contributed by atoms with van der Waals surface area (Å²) in [4.78, 5) is 0.306. The number of hydrogen-bond donors (Lipinski definition) is 1. The van der Waals surface area contributed by atoms with Gasteiger partial charge in [0.25, 0.3) is 0 Å². The van der Waals surface area contributed by atoms with Gasteiger partial charge in [-0.25, -0.2) is 8.42 Å². The SMILES string of the molecule is CC(C)C1CCCN(S(=O)(=O)c2cccc(N)c2)CC1. The number of nitrogen functional groups attached to an aromatic ring is 1. The van der Waals surface area contributed by atoms with Crippen LogP contribution in [0.1, 0.15) is 33.1 Å². The fraction of sp³-hybridized carbons (Fsp3) is 0.600. The molecule has 1 unspecified atom stereocenters. The summed E-state index contributed by atoms with van der Waals surface area (Å²) in [5.74, 6) is 1.24. The maximum Gasteiger partial charge on any atom is 0.243 e. The van der Waals surface area contributed by atoms with Gasteiger partial charge in [-0.3, -0.25) is 0 Å². The fourth-order valence-corrected chi connectivity index (χ4v) is 4.38.